The number of thiophene rings is 1. The number of rotatable bonds is 6. The predicted octanol–water partition coefficient (Wildman–Crippen LogP) is 2.06. The summed E-state index contributed by atoms with van der Waals surface area (Å²) in [6.07, 6.45) is 1.61. The molecule has 0 saturated heterocycles. The van der Waals surface area contributed by atoms with Gasteiger partial charge in [0.2, 0.25) is 0 Å². The Labute approximate surface area is 100 Å². The van der Waals surface area contributed by atoms with E-state index in [4.69, 9.17) is 5.11 Å². The summed E-state index contributed by atoms with van der Waals surface area (Å²) in [7, 11) is 0. The third-order valence-electron chi connectivity index (χ3n) is 2.57. The van der Waals surface area contributed by atoms with Gasteiger partial charge in [0.25, 0.3) is 5.91 Å². The van der Waals surface area contributed by atoms with Crippen LogP contribution in [0.1, 0.15) is 35.5 Å². The van der Waals surface area contributed by atoms with E-state index in [1.165, 1.54) is 11.3 Å². The average molecular weight is 241 g/mol. The van der Waals surface area contributed by atoms with Gasteiger partial charge in [-0.05, 0) is 35.8 Å². The lowest BCUT2D eigenvalue weighted by Crippen LogP contribution is -2.28. The topological polar surface area (TPSA) is 49.3 Å². The zero-order valence-electron chi connectivity index (χ0n) is 9.82. The van der Waals surface area contributed by atoms with Gasteiger partial charge in [0.15, 0.2) is 0 Å². The molecule has 90 valence electrons. The third kappa shape index (κ3) is 3.61. The van der Waals surface area contributed by atoms with E-state index in [1.54, 1.807) is 0 Å². The fourth-order valence-electron chi connectivity index (χ4n) is 1.48. The number of aliphatic hydroxyl groups is 1. The lowest BCUT2D eigenvalue weighted by Gasteiger charge is -2.10. The number of hydrogen-bond acceptors (Lipinski definition) is 3. The molecule has 1 aromatic heterocycles. The molecule has 0 bridgehead atoms. The van der Waals surface area contributed by atoms with E-state index in [1.807, 2.05) is 25.3 Å². The van der Waals surface area contributed by atoms with Crippen LogP contribution in [0.15, 0.2) is 11.4 Å². The van der Waals surface area contributed by atoms with Crippen LogP contribution in [0.4, 0.5) is 0 Å². The summed E-state index contributed by atoms with van der Waals surface area (Å²) in [5, 5.41) is 13.6. The second kappa shape index (κ2) is 6.66. The van der Waals surface area contributed by atoms with Crippen molar-refractivity contribution in [1.29, 1.82) is 0 Å². The van der Waals surface area contributed by atoms with Crippen LogP contribution in [0.5, 0.6) is 0 Å². The molecule has 0 radical (unpaired) electrons. The van der Waals surface area contributed by atoms with Crippen LogP contribution in [-0.2, 0) is 6.42 Å². The highest BCUT2D eigenvalue weighted by Crippen LogP contribution is 2.17. The van der Waals surface area contributed by atoms with E-state index in [2.05, 4.69) is 5.32 Å². The van der Waals surface area contributed by atoms with Crippen LogP contribution < -0.4 is 5.32 Å². The van der Waals surface area contributed by atoms with Crippen LogP contribution in [0, 0.1) is 5.92 Å². The summed E-state index contributed by atoms with van der Waals surface area (Å²) in [5.74, 6) is 0.329. The van der Waals surface area contributed by atoms with E-state index >= 15 is 0 Å². The van der Waals surface area contributed by atoms with Crippen molar-refractivity contribution in [3.05, 3.63) is 21.9 Å². The number of hydrogen-bond donors (Lipinski definition) is 2. The Morgan fingerprint density at radius 1 is 1.62 bits per heavy atom. The number of aliphatic hydroxyl groups excluding tert-OH is 1. The fourth-order valence-corrected chi connectivity index (χ4v) is 2.39. The molecule has 4 heteroatoms. The van der Waals surface area contributed by atoms with E-state index in [0.29, 0.717) is 12.5 Å². The Kier molecular flexibility index (Phi) is 5.49. The maximum atomic E-state index is 11.8. The van der Waals surface area contributed by atoms with Gasteiger partial charge in [-0.3, -0.25) is 4.79 Å². The van der Waals surface area contributed by atoms with Crippen molar-refractivity contribution < 1.29 is 9.90 Å². The summed E-state index contributed by atoms with van der Waals surface area (Å²) >= 11 is 1.49. The Hall–Kier alpha value is -0.870. The van der Waals surface area contributed by atoms with Gasteiger partial charge in [0, 0.05) is 13.2 Å². The second-order valence-electron chi connectivity index (χ2n) is 3.96. The minimum absolute atomic E-state index is 0.0108. The first-order valence-corrected chi connectivity index (χ1v) is 6.52. The maximum Gasteiger partial charge on any atom is 0.261 e. The van der Waals surface area contributed by atoms with Gasteiger partial charge in [-0.25, -0.2) is 0 Å². The molecular weight excluding hydrogens is 222 g/mol. The van der Waals surface area contributed by atoms with E-state index in [9.17, 15) is 4.79 Å². The lowest BCUT2D eigenvalue weighted by atomic mass is 10.1. The quantitative estimate of drug-likeness (QED) is 0.801. The highest BCUT2D eigenvalue weighted by Gasteiger charge is 2.12. The molecule has 1 unspecified atom stereocenters. The average Bonchev–Trinajstić information content (AvgIpc) is 2.74. The fraction of sp³-hybridized carbons (Fsp3) is 0.583. The zero-order chi connectivity index (χ0) is 12.0. The summed E-state index contributed by atoms with van der Waals surface area (Å²) in [6.45, 7) is 4.87. The number of carbonyl (C=O) groups excluding carboxylic acids is 1. The van der Waals surface area contributed by atoms with Crippen molar-refractivity contribution >= 4 is 17.2 Å². The van der Waals surface area contributed by atoms with Crippen molar-refractivity contribution in [2.24, 2.45) is 5.92 Å². The monoisotopic (exact) mass is 241 g/mol. The molecular formula is C12H19NO2S. The molecule has 1 aromatic rings. The van der Waals surface area contributed by atoms with E-state index in [0.717, 1.165) is 23.3 Å². The molecule has 3 nitrogen and oxygen atoms in total. The van der Waals surface area contributed by atoms with Crippen molar-refractivity contribution in [1.82, 2.24) is 5.32 Å². The van der Waals surface area contributed by atoms with Crippen LogP contribution in [0.3, 0.4) is 0 Å². The van der Waals surface area contributed by atoms with Crippen molar-refractivity contribution in [2.75, 3.05) is 13.2 Å². The van der Waals surface area contributed by atoms with Gasteiger partial charge in [0.05, 0.1) is 4.88 Å². The first kappa shape index (κ1) is 13.2. The predicted molar refractivity (Wildman–Crippen MR) is 66.9 cm³/mol. The zero-order valence-corrected chi connectivity index (χ0v) is 10.6. The van der Waals surface area contributed by atoms with Gasteiger partial charge in [-0.1, -0.05) is 13.8 Å². The summed E-state index contributed by atoms with van der Waals surface area (Å²) in [5.41, 5.74) is 1.11. The normalized spacial score (nSPS) is 12.4. The van der Waals surface area contributed by atoms with Gasteiger partial charge >= 0.3 is 0 Å². The first-order chi connectivity index (χ1) is 7.69. The van der Waals surface area contributed by atoms with Crippen LogP contribution in [-0.4, -0.2) is 24.2 Å². The highest BCUT2D eigenvalue weighted by molar-refractivity contribution is 7.12. The summed E-state index contributed by atoms with van der Waals surface area (Å²) in [6, 6.07) is 2.00. The third-order valence-corrected chi connectivity index (χ3v) is 3.52. The molecule has 0 aliphatic rings. The largest absolute Gasteiger partial charge is 0.396 e. The van der Waals surface area contributed by atoms with Crippen LogP contribution in [0.25, 0.3) is 0 Å². The number of aryl methyl sites for hydroxylation is 1. The van der Waals surface area contributed by atoms with Crippen LogP contribution in [0.2, 0.25) is 0 Å². The lowest BCUT2D eigenvalue weighted by molar-refractivity contribution is 0.0948. The molecule has 0 spiro atoms. The summed E-state index contributed by atoms with van der Waals surface area (Å²) < 4.78 is 0. The minimum Gasteiger partial charge on any atom is -0.396 e. The van der Waals surface area contributed by atoms with Crippen molar-refractivity contribution in [3.8, 4) is 0 Å². The number of carbonyl (C=O) groups is 1. The Morgan fingerprint density at radius 3 is 3.00 bits per heavy atom. The van der Waals surface area contributed by atoms with Crippen LogP contribution >= 0.6 is 11.3 Å². The number of amides is 1. The molecule has 1 rings (SSSR count). The van der Waals surface area contributed by atoms with Gasteiger partial charge in [-0.15, -0.1) is 11.3 Å². The van der Waals surface area contributed by atoms with Gasteiger partial charge < -0.3 is 10.4 Å². The smallest absolute Gasteiger partial charge is 0.261 e. The molecule has 0 aromatic carbocycles. The molecule has 0 aliphatic heterocycles. The Morgan fingerprint density at radius 2 is 2.38 bits per heavy atom. The SMILES string of the molecule is CCc1ccsc1C(=O)NCC(C)CCO. The Balaban J connectivity index is 2.46. The highest BCUT2D eigenvalue weighted by atomic mass is 32.1. The molecule has 1 amide bonds. The maximum absolute atomic E-state index is 11.8. The summed E-state index contributed by atoms with van der Waals surface area (Å²) in [4.78, 5) is 12.6. The van der Waals surface area contributed by atoms with Gasteiger partial charge in [-0.2, -0.15) is 0 Å². The first-order valence-electron chi connectivity index (χ1n) is 5.64. The second-order valence-corrected chi connectivity index (χ2v) is 4.87. The molecule has 2 N–H and O–H groups in total. The molecule has 0 aliphatic carbocycles. The standard InChI is InChI=1S/C12H19NO2S/c1-3-10-5-7-16-11(10)12(15)13-8-9(2)4-6-14/h5,7,9,14H,3-4,6,8H2,1-2H3,(H,13,15). The minimum atomic E-state index is 0.0108. The van der Waals surface area contributed by atoms with Gasteiger partial charge in [0.1, 0.15) is 0 Å². The molecule has 0 fully saturated rings. The van der Waals surface area contributed by atoms with E-state index in [-0.39, 0.29) is 12.5 Å². The molecule has 1 atom stereocenters. The van der Waals surface area contributed by atoms with Crippen molar-refractivity contribution in [2.45, 2.75) is 26.7 Å². The van der Waals surface area contributed by atoms with E-state index < -0.39 is 0 Å². The molecule has 0 saturated carbocycles. The Bertz CT molecular complexity index is 336. The molecule has 1 heterocycles. The van der Waals surface area contributed by atoms with Crippen molar-refractivity contribution in [3.63, 3.8) is 0 Å². The number of nitrogens with one attached hydrogen (secondary N) is 1. The molecule has 16 heavy (non-hydrogen) atoms.